The molecule has 0 fully saturated rings. The highest BCUT2D eigenvalue weighted by atomic mass is 16.7. The Labute approximate surface area is 157 Å². The van der Waals surface area contributed by atoms with Gasteiger partial charge in [-0.3, -0.25) is 14.5 Å². The maximum atomic E-state index is 13.0. The molecule has 0 saturated carbocycles. The molecule has 0 aromatic heterocycles. The lowest BCUT2D eigenvalue weighted by atomic mass is 10.0. The number of benzene rings is 2. The fourth-order valence-electron chi connectivity index (χ4n) is 3.07. The van der Waals surface area contributed by atoms with E-state index in [4.69, 9.17) is 4.84 Å². The molecular weight excluding hydrogens is 324 g/mol. The summed E-state index contributed by atoms with van der Waals surface area (Å²) >= 11 is 0. The molecule has 0 unspecified atom stereocenters. The fraction of sp³-hybridized carbons (Fsp3) is 0.409. The van der Waals surface area contributed by atoms with Gasteiger partial charge < -0.3 is 0 Å². The molecule has 2 aromatic carbocycles. The molecule has 0 bridgehead atoms. The Bertz CT molecular complexity index is 604. The molecule has 26 heavy (non-hydrogen) atoms. The molecular formula is C22H30N2O2. The van der Waals surface area contributed by atoms with E-state index in [1.807, 2.05) is 36.4 Å². The van der Waals surface area contributed by atoms with Crippen LogP contribution < -0.4 is 0 Å². The van der Waals surface area contributed by atoms with E-state index < -0.39 is 0 Å². The van der Waals surface area contributed by atoms with E-state index in [-0.39, 0.29) is 11.9 Å². The Morgan fingerprint density at radius 1 is 0.962 bits per heavy atom. The van der Waals surface area contributed by atoms with E-state index in [0.717, 1.165) is 32.4 Å². The molecule has 0 spiro atoms. The van der Waals surface area contributed by atoms with Gasteiger partial charge in [0.25, 0.3) is 5.91 Å². The molecule has 0 N–H and O–H groups in total. The maximum absolute atomic E-state index is 13.0. The summed E-state index contributed by atoms with van der Waals surface area (Å²) in [4.78, 5) is 20.4. The summed E-state index contributed by atoms with van der Waals surface area (Å²) in [5.74, 6) is 0.00723. The first-order valence-corrected chi connectivity index (χ1v) is 9.29. The molecule has 0 heterocycles. The standard InChI is InChI=1S/C22H30N2O2/c1-4-5-16-21(22(25)23(2)26-3)24(17-19-12-8-6-9-13-19)18-20-14-10-7-11-15-20/h6-15,21H,4-5,16-18H2,1-3H3/t21-/m0/s1. The number of likely N-dealkylation sites (N-methyl/N-ethyl adjacent to an activating group) is 1. The number of unbranched alkanes of at least 4 members (excludes halogenated alkanes) is 1. The number of carbonyl (C=O) groups is 1. The number of hydrogen-bond donors (Lipinski definition) is 0. The molecule has 0 aliphatic carbocycles. The lowest BCUT2D eigenvalue weighted by molar-refractivity contribution is -0.175. The molecule has 2 aromatic rings. The van der Waals surface area contributed by atoms with E-state index in [1.165, 1.54) is 23.3 Å². The van der Waals surface area contributed by atoms with Crippen LogP contribution in [0.4, 0.5) is 0 Å². The fourth-order valence-corrected chi connectivity index (χ4v) is 3.07. The van der Waals surface area contributed by atoms with Crippen LogP contribution in [-0.4, -0.2) is 36.1 Å². The van der Waals surface area contributed by atoms with Crippen molar-refractivity contribution in [2.75, 3.05) is 14.2 Å². The van der Waals surface area contributed by atoms with Gasteiger partial charge in [-0.15, -0.1) is 0 Å². The second kappa shape index (κ2) is 10.7. The van der Waals surface area contributed by atoms with Crippen LogP contribution in [0.3, 0.4) is 0 Å². The average Bonchev–Trinajstić information content (AvgIpc) is 2.69. The predicted molar refractivity (Wildman–Crippen MR) is 105 cm³/mol. The smallest absolute Gasteiger partial charge is 0.263 e. The maximum Gasteiger partial charge on any atom is 0.263 e. The summed E-state index contributed by atoms with van der Waals surface area (Å²) in [5, 5.41) is 1.35. The molecule has 0 aliphatic rings. The molecule has 4 heteroatoms. The van der Waals surface area contributed by atoms with Crippen LogP contribution in [0.5, 0.6) is 0 Å². The second-order valence-corrected chi connectivity index (χ2v) is 6.55. The number of amides is 1. The normalized spacial score (nSPS) is 12.2. The highest BCUT2D eigenvalue weighted by Crippen LogP contribution is 2.19. The van der Waals surface area contributed by atoms with Crippen molar-refractivity contribution >= 4 is 5.91 Å². The minimum absolute atomic E-state index is 0.00723. The molecule has 2 rings (SSSR count). The first-order valence-electron chi connectivity index (χ1n) is 9.29. The molecule has 140 valence electrons. The number of rotatable bonds is 10. The monoisotopic (exact) mass is 354 g/mol. The lowest BCUT2D eigenvalue weighted by Gasteiger charge is -2.33. The number of nitrogens with zero attached hydrogens (tertiary/aromatic N) is 2. The SMILES string of the molecule is CCCC[C@@H](C(=O)N(C)OC)N(Cc1ccccc1)Cc1ccccc1. The zero-order valence-corrected chi connectivity index (χ0v) is 16.1. The summed E-state index contributed by atoms with van der Waals surface area (Å²) in [6.07, 6.45) is 2.89. The largest absolute Gasteiger partial charge is 0.283 e. The van der Waals surface area contributed by atoms with Gasteiger partial charge >= 0.3 is 0 Å². The van der Waals surface area contributed by atoms with E-state index in [9.17, 15) is 4.79 Å². The highest BCUT2D eigenvalue weighted by molar-refractivity contribution is 5.80. The van der Waals surface area contributed by atoms with Crippen molar-refractivity contribution in [2.45, 2.75) is 45.3 Å². The minimum atomic E-state index is -0.208. The summed E-state index contributed by atoms with van der Waals surface area (Å²) in [6, 6.07) is 20.4. The molecule has 0 radical (unpaired) electrons. The molecule has 1 atom stereocenters. The van der Waals surface area contributed by atoms with Gasteiger partial charge in [0.1, 0.15) is 0 Å². The van der Waals surface area contributed by atoms with Gasteiger partial charge in [0.15, 0.2) is 0 Å². The second-order valence-electron chi connectivity index (χ2n) is 6.55. The predicted octanol–water partition coefficient (Wildman–Crippen LogP) is 4.27. The van der Waals surface area contributed by atoms with Crippen molar-refractivity contribution in [3.63, 3.8) is 0 Å². The van der Waals surface area contributed by atoms with Gasteiger partial charge in [-0.05, 0) is 17.5 Å². The first-order chi connectivity index (χ1) is 12.7. The third-order valence-corrected chi connectivity index (χ3v) is 4.60. The van der Waals surface area contributed by atoms with Gasteiger partial charge in [0.05, 0.1) is 13.2 Å². The molecule has 4 nitrogen and oxygen atoms in total. The van der Waals surface area contributed by atoms with Gasteiger partial charge in [-0.25, -0.2) is 5.06 Å². The quantitative estimate of drug-likeness (QED) is 0.598. The van der Waals surface area contributed by atoms with Crippen molar-refractivity contribution in [1.82, 2.24) is 9.96 Å². The van der Waals surface area contributed by atoms with Crippen LogP contribution >= 0.6 is 0 Å². The Hall–Kier alpha value is -2.17. The Balaban J connectivity index is 2.28. The van der Waals surface area contributed by atoms with E-state index in [2.05, 4.69) is 36.1 Å². The van der Waals surface area contributed by atoms with E-state index in [0.29, 0.717) is 0 Å². The van der Waals surface area contributed by atoms with Crippen LogP contribution in [0.1, 0.15) is 37.3 Å². The third-order valence-electron chi connectivity index (χ3n) is 4.60. The molecule has 0 saturated heterocycles. The van der Waals surface area contributed by atoms with E-state index >= 15 is 0 Å². The highest BCUT2D eigenvalue weighted by Gasteiger charge is 2.28. The summed E-state index contributed by atoms with van der Waals surface area (Å²) in [6.45, 7) is 3.61. The molecule has 0 aliphatic heterocycles. The molecule has 1 amide bonds. The Kier molecular flexibility index (Phi) is 8.32. The minimum Gasteiger partial charge on any atom is -0.283 e. The van der Waals surface area contributed by atoms with Gasteiger partial charge in [-0.2, -0.15) is 0 Å². The summed E-state index contributed by atoms with van der Waals surface area (Å²) < 4.78 is 0. The Morgan fingerprint density at radius 3 is 1.88 bits per heavy atom. The van der Waals surface area contributed by atoms with E-state index in [1.54, 1.807) is 7.05 Å². The Morgan fingerprint density at radius 2 is 1.46 bits per heavy atom. The zero-order valence-electron chi connectivity index (χ0n) is 16.1. The van der Waals surface area contributed by atoms with Crippen molar-refractivity contribution in [3.8, 4) is 0 Å². The van der Waals surface area contributed by atoms with Gasteiger partial charge in [-0.1, -0.05) is 80.4 Å². The van der Waals surface area contributed by atoms with Gasteiger partial charge in [0.2, 0.25) is 0 Å². The first kappa shape index (κ1) is 20.1. The topological polar surface area (TPSA) is 32.8 Å². The lowest BCUT2D eigenvalue weighted by Crippen LogP contribution is -2.46. The zero-order chi connectivity index (χ0) is 18.8. The van der Waals surface area contributed by atoms with Crippen LogP contribution in [0.15, 0.2) is 60.7 Å². The van der Waals surface area contributed by atoms with Crippen LogP contribution in [0.25, 0.3) is 0 Å². The summed E-state index contributed by atoms with van der Waals surface area (Å²) in [5.41, 5.74) is 2.41. The van der Waals surface area contributed by atoms with Crippen molar-refractivity contribution in [1.29, 1.82) is 0 Å². The summed E-state index contributed by atoms with van der Waals surface area (Å²) in [7, 11) is 3.22. The number of carbonyl (C=O) groups excluding carboxylic acids is 1. The van der Waals surface area contributed by atoms with Crippen molar-refractivity contribution in [2.24, 2.45) is 0 Å². The van der Waals surface area contributed by atoms with Crippen molar-refractivity contribution in [3.05, 3.63) is 71.8 Å². The van der Waals surface area contributed by atoms with Crippen LogP contribution in [0, 0.1) is 0 Å². The van der Waals surface area contributed by atoms with Crippen LogP contribution in [0.2, 0.25) is 0 Å². The number of hydrogen-bond acceptors (Lipinski definition) is 3. The number of hydroxylamine groups is 2. The average molecular weight is 354 g/mol. The van der Waals surface area contributed by atoms with Crippen LogP contribution in [-0.2, 0) is 22.7 Å². The van der Waals surface area contributed by atoms with Gasteiger partial charge in [0, 0.05) is 20.1 Å². The van der Waals surface area contributed by atoms with Crippen molar-refractivity contribution < 1.29 is 9.63 Å². The third kappa shape index (κ3) is 5.97.